The van der Waals surface area contributed by atoms with E-state index in [9.17, 15) is 9.59 Å². The van der Waals surface area contributed by atoms with Crippen molar-refractivity contribution in [3.8, 4) is 0 Å². The van der Waals surface area contributed by atoms with Crippen LogP contribution in [0.1, 0.15) is 29.8 Å². The number of nitrogens with one attached hydrogen (secondary N) is 1. The van der Waals surface area contributed by atoms with E-state index >= 15 is 0 Å². The Morgan fingerprint density at radius 3 is 2.44 bits per heavy atom. The number of hydrogen-bond donors (Lipinski definition) is 1. The van der Waals surface area contributed by atoms with Crippen LogP contribution in [0.25, 0.3) is 0 Å². The lowest BCUT2D eigenvalue weighted by Crippen LogP contribution is -2.43. The molecule has 1 aromatic heterocycles. The molecule has 0 spiro atoms. The standard InChI is InChI=1S/C19H22ClN3O2/c1-3-23(4-2)19(25)16-6-5-11-22(13-16)14-18(24)21-12-15-7-9-17(20)10-8-15/h5-11,13H,3-4,12,14H2,1-2H3/p+1. The molecule has 0 unspecified atom stereocenters. The molecule has 2 rings (SSSR count). The molecular formula is C19H23ClN3O2+. The lowest BCUT2D eigenvalue weighted by atomic mass is 10.2. The number of aromatic nitrogens is 1. The smallest absolute Gasteiger partial charge is 0.286 e. The van der Waals surface area contributed by atoms with Crippen molar-refractivity contribution in [3.05, 3.63) is 64.9 Å². The third-order valence-corrected chi connectivity index (χ3v) is 4.14. The zero-order valence-electron chi connectivity index (χ0n) is 14.5. The van der Waals surface area contributed by atoms with Gasteiger partial charge in [-0.05, 0) is 37.6 Å². The SMILES string of the molecule is CCN(CC)C(=O)c1ccc[n+](CC(=O)NCc2ccc(Cl)cc2)c1. The fourth-order valence-electron chi connectivity index (χ4n) is 2.46. The number of halogens is 1. The van der Waals surface area contributed by atoms with Gasteiger partial charge in [-0.25, -0.2) is 0 Å². The molecule has 0 atom stereocenters. The highest BCUT2D eigenvalue weighted by Crippen LogP contribution is 2.09. The first-order valence-electron chi connectivity index (χ1n) is 8.33. The number of carbonyl (C=O) groups excluding carboxylic acids is 2. The van der Waals surface area contributed by atoms with Crippen molar-refractivity contribution in [2.75, 3.05) is 13.1 Å². The second kappa shape index (κ2) is 9.18. The average Bonchev–Trinajstić information content (AvgIpc) is 2.62. The molecule has 0 bridgehead atoms. The van der Waals surface area contributed by atoms with Gasteiger partial charge in [0, 0.05) is 30.7 Å². The molecule has 2 aromatic rings. The zero-order chi connectivity index (χ0) is 18.2. The Balaban J connectivity index is 1.95. The normalized spacial score (nSPS) is 10.4. The summed E-state index contributed by atoms with van der Waals surface area (Å²) in [6.45, 7) is 5.81. The summed E-state index contributed by atoms with van der Waals surface area (Å²) in [5.74, 6) is -0.145. The number of benzene rings is 1. The van der Waals surface area contributed by atoms with E-state index < -0.39 is 0 Å². The highest BCUT2D eigenvalue weighted by molar-refractivity contribution is 6.30. The molecule has 0 fully saturated rings. The third-order valence-electron chi connectivity index (χ3n) is 3.88. The maximum Gasteiger partial charge on any atom is 0.286 e. The maximum absolute atomic E-state index is 12.4. The Labute approximate surface area is 153 Å². The Morgan fingerprint density at radius 1 is 1.12 bits per heavy atom. The van der Waals surface area contributed by atoms with Crippen LogP contribution in [0.2, 0.25) is 5.02 Å². The van der Waals surface area contributed by atoms with Crippen LogP contribution in [0.5, 0.6) is 0 Å². The summed E-state index contributed by atoms with van der Waals surface area (Å²) in [6, 6.07) is 10.9. The summed E-state index contributed by atoms with van der Waals surface area (Å²) in [7, 11) is 0. The van der Waals surface area contributed by atoms with Gasteiger partial charge in [-0.15, -0.1) is 0 Å². The van der Waals surface area contributed by atoms with Crippen molar-refractivity contribution >= 4 is 23.4 Å². The van der Waals surface area contributed by atoms with E-state index in [1.807, 2.05) is 26.0 Å². The number of nitrogens with zero attached hydrogens (tertiary/aromatic N) is 2. The van der Waals surface area contributed by atoms with Crippen LogP contribution < -0.4 is 9.88 Å². The highest BCUT2D eigenvalue weighted by atomic mass is 35.5. The molecule has 1 aromatic carbocycles. The second-order valence-corrected chi connectivity index (χ2v) is 6.08. The van der Waals surface area contributed by atoms with Gasteiger partial charge in [-0.1, -0.05) is 23.7 Å². The van der Waals surface area contributed by atoms with Crippen molar-refractivity contribution in [2.45, 2.75) is 26.9 Å². The first-order chi connectivity index (χ1) is 12.0. The summed E-state index contributed by atoms with van der Waals surface area (Å²) >= 11 is 5.84. The van der Waals surface area contributed by atoms with Crippen LogP contribution in [0.4, 0.5) is 0 Å². The molecule has 0 aliphatic rings. The lowest BCUT2D eigenvalue weighted by molar-refractivity contribution is -0.684. The zero-order valence-corrected chi connectivity index (χ0v) is 15.3. The highest BCUT2D eigenvalue weighted by Gasteiger charge is 2.17. The molecule has 0 saturated carbocycles. The predicted octanol–water partition coefficient (Wildman–Crippen LogP) is 2.43. The number of amides is 2. The fraction of sp³-hybridized carbons (Fsp3) is 0.316. The maximum atomic E-state index is 12.4. The molecule has 25 heavy (non-hydrogen) atoms. The van der Waals surface area contributed by atoms with Crippen molar-refractivity contribution in [2.24, 2.45) is 0 Å². The summed E-state index contributed by atoms with van der Waals surface area (Å²) in [5.41, 5.74) is 1.56. The van der Waals surface area contributed by atoms with Crippen molar-refractivity contribution in [1.29, 1.82) is 0 Å². The number of carbonyl (C=O) groups is 2. The molecule has 6 heteroatoms. The van der Waals surface area contributed by atoms with Crippen LogP contribution in [0, 0.1) is 0 Å². The number of hydrogen-bond acceptors (Lipinski definition) is 2. The summed E-state index contributed by atoms with van der Waals surface area (Å²) in [4.78, 5) is 26.3. The molecular weight excluding hydrogens is 338 g/mol. The van der Waals surface area contributed by atoms with Crippen molar-refractivity contribution in [3.63, 3.8) is 0 Å². The van der Waals surface area contributed by atoms with Crippen LogP contribution >= 0.6 is 11.6 Å². The molecule has 2 amide bonds. The average molecular weight is 361 g/mol. The topological polar surface area (TPSA) is 53.3 Å². The monoisotopic (exact) mass is 360 g/mol. The first kappa shape index (κ1) is 18.9. The van der Waals surface area contributed by atoms with Crippen LogP contribution in [0.15, 0.2) is 48.8 Å². The minimum Gasteiger partial charge on any atom is -0.347 e. The number of rotatable bonds is 7. The molecule has 132 valence electrons. The predicted molar refractivity (Wildman–Crippen MR) is 97.2 cm³/mol. The molecule has 0 aliphatic heterocycles. The lowest BCUT2D eigenvalue weighted by Gasteiger charge is -2.17. The van der Waals surface area contributed by atoms with Crippen molar-refractivity contribution in [1.82, 2.24) is 10.2 Å². The van der Waals surface area contributed by atoms with E-state index in [0.29, 0.717) is 30.2 Å². The Morgan fingerprint density at radius 2 is 1.80 bits per heavy atom. The van der Waals surface area contributed by atoms with E-state index in [4.69, 9.17) is 11.6 Å². The first-order valence-corrected chi connectivity index (χ1v) is 8.70. The summed E-state index contributed by atoms with van der Waals surface area (Å²) in [6.07, 6.45) is 3.49. The molecule has 0 aliphatic carbocycles. The molecule has 1 N–H and O–H groups in total. The van der Waals surface area contributed by atoms with E-state index in [2.05, 4.69) is 5.32 Å². The van der Waals surface area contributed by atoms with Crippen LogP contribution in [-0.4, -0.2) is 29.8 Å². The third kappa shape index (κ3) is 5.57. The van der Waals surface area contributed by atoms with Gasteiger partial charge in [0.15, 0.2) is 12.4 Å². The Bertz CT molecular complexity index is 728. The van der Waals surface area contributed by atoms with Gasteiger partial charge in [0.05, 0.1) is 0 Å². The van der Waals surface area contributed by atoms with Crippen LogP contribution in [0.3, 0.4) is 0 Å². The van der Waals surface area contributed by atoms with Gasteiger partial charge < -0.3 is 10.2 Å². The quantitative estimate of drug-likeness (QED) is 0.771. The van der Waals surface area contributed by atoms with Gasteiger partial charge >= 0.3 is 0 Å². The molecule has 5 nitrogen and oxygen atoms in total. The fourth-order valence-corrected chi connectivity index (χ4v) is 2.59. The van der Waals surface area contributed by atoms with Crippen LogP contribution in [-0.2, 0) is 17.9 Å². The van der Waals surface area contributed by atoms with E-state index in [1.54, 1.807) is 46.1 Å². The van der Waals surface area contributed by atoms with E-state index in [0.717, 1.165) is 5.56 Å². The van der Waals surface area contributed by atoms with Gasteiger partial charge in [0.25, 0.3) is 11.8 Å². The second-order valence-electron chi connectivity index (χ2n) is 5.65. The Hall–Kier alpha value is -2.40. The van der Waals surface area contributed by atoms with E-state index in [-0.39, 0.29) is 18.4 Å². The van der Waals surface area contributed by atoms with Gasteiger partial charge in [-0.3, -0.25) is 9.59 Å². The number of pyridine rings is 1. The molecule has 0 radical (unpaired) electrons. The van der Waals surface area contributed by atoms with Gasteiger partial charge in [0.1, 0.15) is 5.56 Å². The van der Waals surface area contributed by atoms with E-state index in [1.165, 1.54) is 0 Å². The minimum atomic E-state index is -0.118. The Kier molecular flexibility index (Phi) is 6.95. The molecule has 0 saturated heterocycles. The minimum absolute atomic E-state index is 0.0269. The summed E-state index contributed by atoms with van der Waals surface area (Å²) < 4.78 is 1.72. The van der Waals surface area contributed by atoms with Crippen molar-refractivity contribution < 1.29 is 14.2 Å². The largest absolute Gasteiger partial charge is 0.347 e. The summed E-state index contributed by atoms with van der Waals surface area (Å²) in [5, 5.41) is 3.53. The van der Waals surface area contributed by atoms with Gasteiger partial charge in [0.2, 0.25) is 6.54 Å². The van der Waals surface area contributed by atoms with Gasteiger partial charge in [-0.2, -0.15) is 4.57 Å². The molecule has 1 heterocycles.